The molecule has 1 saturated carbocycles. The van der Waals surface area contributed by atoms with E-state index in [1.165, 1.54) is 0 Å². The van der Waals surface area contributed by atoms with E-state index in [0.717, 1.165) is 24.2 Å². The standard InChI is InChI=1S/C11H15NO2/c1-14-10-6-8(13)2-3-9(10)11(7-12)4-5-11/h2-3,6,13H,4-5,7,12H2,1H3. The van der Waals surface area contributed by atoms with Crippen molar-refractivity contribution >= 4 is 0 Å². The zero-order valence-corrected chi connectivity index (χ0v) is 8.29. The van der Waals surface area contributed by atoms with Crippen LogP contribution in [-0.2, 0) is 5.41 Å². The van der Waals surface area contributed by atoms with Crippen LogP contribution >= 0.6 is 0 Å². The molecule has 0 amide bonds. The molecule has 0 spiro atoms. The molecule has 1 aromatic carbocycles. The Bertz CT molecular complexity index is 345. The third-order valence-electron chi connectivity index (χ3n) is 3.00. The predicted octanol–water partition coefficient (Wildman–Crippen LogP) is 1.39. The highest BCUT2D eigenvalue weighted by Crippen LogP contribution is 2.50. The highest BCUT2D eigenvalue weighted by Gasteiger charge is 2.44. The molecular weight excluding hydrogens is 178 g/mol. The maximum atomic E-state index is 9.32. The molecule has 1 fully saturated rings. The number of phenols is 1. The molecule has 3 heteroatoms. The first kappa shape index (κ1) is 9.34. The van der Waals surface area contributed by atoms with Crippen LogP contribution in [0.3, 0.4) is 0 Å². The van der Waals surface area contributed by atoms with Crippen molar-refractivity contribution in [1.82, 2.24) is 0 Å². The van der Waals surface area contributed by atoms with Gasteiger partial charge in [-0.3, -0.25) is 0 Å². The Kier molecular flexibility index (Phi) is 2.11. The van der Waals surface area contributed by atoms with Gasteiger partial charge in [0.15, 0.2) is 0 Å². The lowest BCUT2D eigenvalue weighted by Gasteiger charge is -2.16. The number of phenolic OH excluding ortho intramolecular Hbond substituents is 1. The fourth-order valence-corrected chi connectivity index (χ4v) is 1.85. The molecule has 76 valence electrons. The summed E-state index contributed by atoms with van der Waals surface area (Å²) in [5.74, 6) is 0.978. The Balaban J connectivity index is 2.42. The first-order valence-corrected chi connectivity index (χ1v) is 4.79. The molecule has 1 aliphatic rings. The third kappa shape index (κ3) is 1.34. The lowest BCUT2D eigenvalue weighted by molar-refractivity contribution is 0.397. The summed E-state index contributed by atoms with van der Waals surface area (Å²) in [7, 11) is 1.62. The molecule has 0 unspecified atom stereocenters. The van der Waals surface area contributed by atoms with Crippen LogP contribution in [0.1, 0.15) is 18.4 Å². The van der Waals surface area contributed by atoms with Gasteiger partial charge in [0.1, 0.15) is 11.5 Å². The number of hydrogen-bond acceptors (Lipinski definition) is 3. The van der Waals surface area contributed by atoms with Crippen molar-refractivity contribution in [3.05, 3.63) is 23.8 Å². The Morgan fingerprint density at radius 3 is 2.71 bits per heavy atom. The normalized spacial score (nSPS) is 17.9. The molecule has 3 N–H and O–H groups in total. The van der Waals surface area contributed by atoms with Crippen molar-refractivity contribution in [1.29, 1.82) is 0 Å². The van der Waals surface area contributed by atoms with Crippen LogP contribution < -0.4 is 10.5 Å². The van der Waals surface area contributed by atoms with Crippen LogP contribution in [-0.4, -0.2) is 18.8 Å². The van der Waals surface area contributed by atoms with Crippen molar-refractivity contribution in [2.45, 2.75) is 18.3 Å². The molecule has 0 radical (unpaired) electrons. The van der Waals surface area contributed by atoms with Crippen LogP contribution in [0.2, 0.25) is 0 Å². The van der Waals surface area contributed by atoms with Crippen LogP contribution in [0.4, 0.5) is 0 Å². The van der Waals surface area contributed by atoms with E-state index < -0.39 is 0 Å². The first-order valence-electron chi connectivity index (χ1n) is 4.79. The number of hydrogen-bond donors (Lipinski definition) is 2. The van der Waals surface area contributed by atoms with Crippen molar-refractivity contribution in [3.8, 4) is 11.5 Å². The summed E-state index contributed by atoms with van der Waals surface area (Å²) in [6.45, 7) is 0.647. The van der Waals surface area contributed by atoms with Crippen molar-refractivity contribution in [2.75, 3.05) is 13.7 Å². The first-order chi connectivity index (χ1) is 6.72. The Hall–Kier alpha value is -1.22. The van der Waals surface area contributed by atoms with E-state index in [4.69, 9.17) is 10.5 Å². The number of nitrogens with two attached hydrogens (primary N) is 1. The number of methoxy groups -OCH3 is 1. The second-order valence-electron chi connectivity index (χ2n) is 3.87. The van der Waals surface area contributed by atoms with Gasteiger partial charge in [0.25, 0.3) is 0 Å². The quantitative estimate of drug-likeness (QED) is 0.762. The summed E-state index contributed by atoms with van der Waals surface area (Å²) >= 11 is 0. The van der Waals surface area contributed by atoms with Crippen LogP contribution in [0.25, 0.3) is 0 Å². The molecule has 0 atom stereocenters. The molecule has 0 heterocycles. The van der Waals surface area contributed by atoms with Gasteiger partial charge in [-0.15, -0.1) is 0 Å². The topological polar surface area (TPSA) is 55.5 Å². The molecule has 1 aliphatic carbocycles. The molecule has 2 rings (SSSR count). The average Bonchev–Trinajstić information content (AvgIpc) is 2.98. The minimum absolute atomic E-state index is 0.110. The minimum Gasteiger partial charge on any atom is -0.508 e. The molecular formula is C11H15NO2. The van der Waals surface area contributed by atoms with Gasteiger partial charge in [-0.2, -0.15) is 0 Å². The second kappa shape index (κ2) is 3.17. The Morgan fingerprint density at radius 1 is 1.50 bits per heavy atom. The molecule has 0 aliphatic heterocycles. The molecule has 3 nitrogen and oxygen atoms in total. The fourth-order valence-electron chi connectivity index (χ4n) is 1.85. The molecule has 0 bridgehead atoms. The summed E-state index contributed by atoms with van der Waals surface area (Å²) in [4.78, 5) is 0. The van der Waals surface area contributed by atoms with Crippen LogP contribution in [0.15, 0.2) is 18.2 Å². The smallest absolute Gasteiger partial charge is 0.126 e. The summed E-state index contributed by atoms with van der Waals surface area (Å²) in [5, 5.41) is 9.32. The van der Waals surface area contributed by atoms with E-state index in [2.05, 4.69) is 0 Å². The number of rotatable bonds is 3. The number of ether oxygens (including phenoxy) is 1. The van der Waals surface area contributed by atoms with Crippen molar-refractivity contribution < 1.29 is 9.84 Å². The number of aromatic hydroxyl groups is 1. The van der Waals surface area contributed by atoms with Gasteiger partial charge in [-0.25, -0.2) is 0 Å². The summed E-state index contributed by atoms with van der Waals surface area (Å²) in [6.07, 6.45) is 2.23. The monoisotopic (exact) mass is 193 g/mol. The average molecular weight is 193 g/mol. The Labute approximate surface area is 83.5 Å². The van der Waals surface area contributed by atoms with Crippen molar-refractivity contribution in [2.24, 2.45) is 5.73 Å². The molecule has 1 aromatic rings. The highest BCUT2D eigenvalue weighted by molar-refractivity contribution is 5.47. The van der Waals surface area contributed by atoms with Gasteiger partial charge in [0.05, 0.1) is 7.11 Å². The molecule has 0 aromatic heterocycles. The summed E-state index contributed by atoms with van der Waals surface area (Å²) in [5.41, 5.74) is 6.98. The number of benzene rings is 1. The maximum absolute atomic E-state index is 9.32. The summed E-state index contributed by atoms with van der Waals surface area (Å²) in [6, 6.07) is 5.24. The zero-order chi connectivity index (χ0) is 10.2. The largest absolute Gasteiger partial charge is 0.508 e. The molecule has 14 heavy (non-hydrogen) atoms. The van der Waals surface area contributed by atoms with Gasteiger partial charge in [-0.1, -0.05) is 6.07 Å². The van der Waals surface area contributed by atoms with Gasteiger partial charge < -0.3 is 15.6 Å². The predicted molar refractivity (Wildman–Crippen MR) is 54.6 cm³/mol. The van der Waals surface area contributed by atoms with Crippen LogP contribution in [0.5, 0.6) is 11.5 Å². The lowest BCUT2D eigenvalue weighted by atomic mass is 9.95. The SMILES string of the molecule is COc1cc(O)ccc1C1(CN)CC1. The van der Waals surface area contributed by atoms with E-state index in [1.54, 1.807) is 19.2 Å². The van der Waals surface area contributed by atoms with Crippen molar-refractivity contribution in [3.63, 3.8) is 0 Å². The van der Waals surface area contributed by atoms with E-state index in [1.807, 2.05) is 6.07 Å². The summed E-state index contributed by atoms with van der Waals surface area (Å²) < 4.78 is 5.24. The minimum atomic E-state index is 0.110. The maximum Gasteiger partial charge on any atom is 0.126 e. The second-order valence-corrected chi connectivity index (χ2v) is 3.87. The van der Waals surface area contributed by atoms with Gasteiger partial charge in [0, 0.05) is 23.6 Å². The lowest BCUT2D eigenvalue weighted by Crippen LogP contribution is -2.20. The van der Waals surface area contributed by atoms with Gasteiger partial charge in [0.2, 0.25) is 0 Å². The van der Waals surface area contributed by atoms with E-state index in [9.17, 15) is 5.11 Å². The van der Waals surface area contributed by atoms with Crippen LogP contribution in [0, 0.1) is 0 Å². The zero-order valence-electron chi connectivity index (χ0n) is 8.29. The van der Waals surface area contributed by atoms with Gasteiger partial charge >= 0.3 is 0 Å². The third-order valence-corrected chi connectivity index (χ3v) is 3.00. The molecule has 0 saturated heterocycles. The van der Waals surface area contributed by atoms with E-state index >= 15 is 0 Å². The van der Waals surface area contributed by atoms with E-state index in [-0.39, 0.29) is 11.2 Å². The van der Waals surface area contributed by atoms with E-state index in [0.29, 0.717) is 6.54 Å². The van der Waals surface area contributed by atoms with Gasteiger partial charge in [-0.05, 0) is 18.9 Å². The fraction of sp³-hybridized carbons (Fsp3) is 0.455. The Morgan fingerprint density at radius 2 is 2.21 bits per heavy atom. The highest BCUT2D eigenvalue weighted by atomic mass is 16.5.